The lowest BCUT2D eigenvalue weighted by atomic mass is 10.3. The first kappa shape index (κ1) is 21.4. The van der Waals surface area contributed by atoms with Gasteiger partial charge in [-0.25, -0.2) is 4.79 Å². The van der Waals surface area contributed by atoms with Crippen LogP contribution in [-0.4, -0.2) is 28.4 Å². The quantitative estimate of drug-likeness (QED) is 0.115. The Morgan fingerprint density at radius 1 is 1.21 bits per heavy atom. The van der Waals surface area contributed by atoms with Crippen molar-refractivity contribution in [1.29, 1.82) is 0 Å². The van der Waals surface area contributed by atoms with Gasteiger partial charge in [-0.15, -0.1) is 16.9 Å². The van der Waals surface area contributed by atoms with E-state index in [1.807, 2.05) is 0 Å². The summed E-state index contributed by atoms with van der Waals surface area (Å²) in [7, 11) is 0. The van der Waals surface area contributed by atoms with Crippen LogP contribution in [0.25, 0.3) is 0 Å². The molecular weight excluding hydrogens is 406 g/mol. The fourth-order valence-electron chi connectivity index (χ4n) is 1.92. The van der Waals surface area contributed by atoms with Gasteiger partial charge in [0.05, 0.1) is 23.0 Å². The van der Waals surface area contributed by atoms with Crippen LogP contribution >= 0.6 is 23.4 Å². The molecule has 0 aliphatic heterocycles. The number of non-ortho nitro benzene ring substituents is 1. The molecule has 8 nitrogen and oxygen atoms in total. The largest absolute Gasteiger partial charge is 0.509 e. The van der Waals surface area contributed by atoms with E-state index in [4.69, 9.17) is 16.3 Å². The Labute approximate surface area is 170 Å². The maximum absolute atomic E-state index is 12.1. The van der Waals surface area contributed by atoms with Gasteiger partial charge >= 0.3 is 5.97 Å². The predicted octanol–water partition coefficient (Wildman–Crippen LogP) is 5.46. The van der Waals surface area contributed by atoms with E-state index < -0.39 is 10.9 Å². The Bertz CT molecular complexity index is 898. The fourth-order valence-corrected chi connectivity index (χ4v) is 2.81. The van der Waals surface area contributed by atoms with Gasteiger partial charge in [-0.05, 0) is 43.3 Å². The normalized spacial score (nSPS) is 11.9. The second-order valence-electron chi connectivity index (χ2n) is 5.23. The van der Waals surface area contributed by atoms with Crippen LogP contribution in [0.5, 0.6) is 0 Å². The Balaban J connectivity index is 2.19. The number of carbonyl (C=O) groups is 1. The number of azo groups is 1. The zero-order valence-corrected chi connectivity index (χ0v) is 16.3. The van der Waals surface area contributed by atoms with Gasteiger partial charge < -0.3 is 9.84 Å². The Morgan fingerprint density at radius 3 is 2.43 bits per heavy atom. The molecule has 2 aromatic carbocycles. The van der Waals surface area contributed by atoms with Crippen molar-refractivity contribution in [2.75, 3.05) is 12.4 Å². The molecule has 0 aromatic heterocycles. The number of benzene rings is 2. The average Bonchev–Trinajstić information content (AvgIpc) is 2.68. The summed E-state index contributed by atoms with van der Waals surface area (Å²) in [5, 5.41) is 29.2. The average molecular weight is 422 g/mol. The molecule has 0 unspecified atom stereocenters. The molecule has 0 amide bonds. The minimum absolute atomic E-state index is 0.0645. The van der Waals surface area contributed by atoms with Crippen molar-refractivity contribution in [1.82, 2.24) is 0 Å². The van der Waals surface area contributed by atoms with E-state index in [9.17, 15) is 20.0 Å². The summed E-state index contributed by atoms with van der Waals surface area (Å²) in [4.78, 5) is 23.1. The summed E-state index contributed by atoms with van der Waals surface area (Å²) in [6, 6.07) is 12.3. The van der Waals surface area contributed by atoms with Crippen molar-refractivity contribution in [3.05, 3.63) is 75.1 Å². The number of nitro groups is 1. The second kappa shape index (κ2) is 10.4. The van der Waals surface area contributed by atoms with Gasteiger partial charge in [0.1, 0.15) is 5.76 Å². The standard InChI is InChI=1S/C18H16ClN3O5S/c1-2-27-18(24)17(16(23)11-28-15-9-3-12(19)4-10-15)21-20-13-5-7-14(8-6-13)22(25)26/h3-10,23H,2,11H2,1H3/b17-16-,21-20?. The van der Waals surface area contributed by atoms with Gasteiger partial charge in [0.2, 0.25) is 5.70 Å². The third-order valence-electron chi connectivity index (χ3n) is 3.26. The van der Waals surface area contributed by atoms with Crippen molar-refractivity contribution < 1.29 is 19.6 Å². The lowest BCUT2D eigenvalue weighted by Gasteiger charge is -2.06. The van der Waals surface area contributed by atoms with Gasteiger partial charge in [-0.1, -0.05) is 11.6 Å². The number of nitrogens with zero attached hydrogens (tertiary/aromatic N) is 3. The molecule has 0 saturated carbocycles. The second-order valence-corrected chi connectivity index (χ2v) is 6.72. The number of rotatable bonds is 8. The topological polar surface area (TPSA) is 114 Å². The van der Waals surface area contributed by atoms with Crippen molar-refractivity contribution in [2.24, 2.45) is 10.2 Å². The van der Waals surface area contributed by atoms with E-state index >= 15 is 0 Å². The highest BCUT2D eigenvalue weighted by atomic mass is 35.5. The van der Waals surface area contributed by atoms with Crippen LogP contribution in [0.15, 0.2) is 75.1 Å². The van der Waals surface area contributed by atoms with Crippen LogP contribution in [0.4, 0.5) is 11.4 Å². The summed E-state index contributed by atoms with van der Waals surface area (Å²) < 4.78 is 4.91. The van der Waals surface area contributed by atoms with E-state index in [1.165, 1.54) is 36.0 Å². The summed E-state index contributed by atoms with van der Waals surface area (Å²) in [6.07, 6.45) is 0. The highest BCUT2D eigenvalue weighted by Crippen LogP contribution is 2.24. The number of aliphatic hydroxyl groups excluding tert-OH is 1. The van der Waals surface area contributed by atoms with E-state index in [0.29, 0.717) is 5.02 Å². The predicted molar refractivity (Wildman–Crippen MR) is 106 cm³/mol. The maximum atomic E-state index is 12.1. The van der Waals surface area contributed by atoms with E-state index in [2.05, 4.69) is 10.2 Å². The molecule has 0 saturated heterocycles. The fraction of sp³-hybridized carbons (Fsp3) is 0.167. The van der Waals surface area contributed by atoms with Crippen molar-refractivity contribution in [3.8, 4) is 0 Å². The number of halogens is 1. The first-order chi connectivity index (χ1) is 13.4. The first-order valence-electron chi connectivity index (χ1n) is 8.04. The molecule has 0 radical (unpaired) electrons. The molecule has 146 valence electrons. The lowest BCUT2D eigenvalue weighted by Crippen LogP contribution is -2.09. The molecule has 0 aliphatic rings. The third-order valence-corrected chi connectivity index (χ3v) is 4.53. The third kappa shape index (κ3) is 6.36. The molecule has 0 fully saturated rings. The highest BCUT2D eigenvalue weighted by Gasteiger charge is 2.17. The molecule has 0 bridgehead atoms. The molecule has 0 aliphatic carbocycles. The zero-order chi connectivity index (χ0) is 20.5. The Kier molecular flexibility index (Phi) is 7.97. The number of ether oxygens (including phenoxy) is 1. The molecule has 0 atom stereocenters. The van der Waals surface area contributed by atoms with Crippen LogP contribution in [0.1, 0.15) is 6.92 Å². The smallest absolute Gasteiger partial charge is 0.362 e. The van der Waals surface area contributed by atoms with E-state index in [-0.39, 0.29) is 35.2 Å². The van der Waals surface area contributed by atoms with Crippen LogP contribution in [-0.2, 0) is 9.53 Å². The molecular formula is C18H16ClN3O5S. The summed E-state index contributed by atoms with van der Waals surface area (Å²) >= 11 is 7.11. The molecule has 28 heavy (non-hydrogen) atoms. The van der Waals surface area contributed by atoms with Gasteiger partial charge in [0.15, 0.2) is 0 Å². The summed E-state index contributed by atoms with van der Waals surface area (Å²) in [5.41, 5.74) is -0.144. The van der Waals surface area contributed by atoms with E-state index in [0.717, 1.165) is 4.90 Å². The van der Waals surface area contributed by atoms with Gasteiger partial charge in [0, 0.05) is 22.1 Å². The molecule has 1 N–H and O–H groups in total. The maximum Gasteiger partial charge on any atom is 0.362 e. The molecule has 0 spiro atoms. The van der Waals surface area contributed by atoms with Crippen molar-refractivity contribution >= 4 is 40.7 Å². The SMILES string of the molecule is CCOC(=O)/C(N=Nc1ccc([N+](=O)[O-])cc1)=C(/O)CSc1ccc(Cl)cc1. The van der Waals surface area contributed by atoms with Crippen molar-refractivity contribution in [3.63, 3.8) is 0 Å². The van der Waals surface area contributed by atoms with Crippen LogP contribution in [0.2, 0.25) is 5.02 Å². The monoisotopic (exact) mass is 421 g/mol. The number of aliphatic hydroxyl groups is 1. The van der Waals surface area contributed by atoms with E-state index in [1.54, 1.807) is 31.2 Å². The minimum atomic E-state index is -0.817. The summed E-state index contributed by atoms with van der Waals surface area (Å²) in [5.74, 6) is -1.05. The Hall–Kier alpha value is -2.91. The zero-order valence-electron chi connectivity index (χ0n) is 14.7. The van der Waals surface area contributed by atoms with Crippen LogP contribution in [0, 0.1) is 10.1 Å². The molecule has 0 heterocycles. The van der Waals surface area contributed by atoms with Gasteiger partial charge in [-0.2, -0.15) is 5.11 Å². The van der Waals surface area contributed by atoms with Gasteiger partial charge in [-0.3, -0.25) is 10.1 Å². The van der Waals surface area contributed by atoms with Crippen LogP contribution in [0.3, 0.4) is 0 Å². The van der Waals surface area contributed by atoms with Crippen LogP contribution < -0.4 is 0 Å². The minimum Gasteiger partial charge on any atom is -0.509 e. The molecule has 10 heteroatoms. The lowest BCUT2D eigenvalue weighted by molar-refractivity contribution is -0.384. The number of hydrogen-bond acceptors (Lipinski definition) is 8. The number of hydrogen-bond donors (Lipinski definition) is 1. The number of carbonyl (C=O) groups excluding carboxylic acids is 1. The molecule has 2 aromatic rings. The highest BCUT2D eigenvalue weighted by molar-refractivity contribution is 7.99. The number of thioether (sulfide) groups is 1. The number of nitro benzene ring substituents is 1. The first-order valence-corrected chi connectivity index (χ1v) is 9.41. The molecule has 2 rings (SSSR count). The Morgan fingerprint density at radius 2 is 1.86 bits per heavy atom. The van der Waals surface area contributed by atoms with Gasteiger partial charge in [0.25, 0.3) is 5.69 Å². The van der Waals surface area contributed by atoms with Crippen molar-refractivity contribution in [2.45, 2.75) is 11.8 Å². The summed E-state index contributed by atoms with van der Waals surface area (Å²) in [6.45, 7) is 1.73. The number of esters is 1.